The molecule has 122 valence electrons. The fraction of sp³-hybridized carbons (Fsp3) is 0.118. The Kier molecular flexibility index (Phi) is 4.42. The molecule has 0 spiro atoms. The maximum atomic E-state index is 12.2. The highest BCUT2D eigenvalue weighted by Crippen LogP contribution is 2.15. The van der Waals surface area contributed by atoms with Gasteiger partial charge in [0, 0.05) is 18.8 Å². The predicted octanol–water partition coefficient (Wildman–Crippen LogP) is 1.33. The molecule has 2 aromatic rings. The summed E-state index contributed by atoms with van der Waals surface area (Å²) in [6.07, 6.45) is 4.83. The van der Waals surface area contributed by atoms with Crippen molar-refractivity contribution in [3.8, 4) is 0 Å². The van der Waals surface area contributed by atoms with Gasteiger partial charge in [-0.1, -0.05) is 18.2 Å². The lowest BCUT2D eigenvalue weighted by molar-refractivity contribution is 0.0550. The second kappa shape index (κ2) is 6.82. The highest BCUT2D eigenvalue weighted by atomic mass is 16.5. The number of hydrogen-bond donors (Lipinski definition) is 2. The van der Waals surface area contributed by atoms with Crippen LogP contribution in [0.3, 0.4) is 0 Å². The fourth-order valence-electron chi connectivity index (χ4n) is 2.23. The van der Waals surface area contributed by atoms with Gasteiger partial charge in [0.1, 0.15) is 6.61 Å². The molecule has 1 amide bonds. The zero-order valence-corrected chi connectivity index (χ0v) is 12.7. The molecule has 0 atom stereocenters. The number of anilines is 1. The monoisotopic (exact) mass is 325 g/mol. The Morgan fingerprint density at radius 2 is 1.79 bits per heavy atom. The topological polar surface area (TPSA) is 89.4 Å². The molecular weight excluding hydrogens is 310 g/mol. The van der Waals surface area contributed by atoms with Crippen LogP contribution in [0.5, 0.6) is 0 Å². The minimum absolute atomic E-state index is 0.0912. The van der Waals surface area contributed by atoms with Gasteiger partial charge in [0.15, 0.2) is 0 Å². The molecule has 2 heterocycles. The number of carbonyl (C=O) groups excluding carboxylic acids is 2. The molecule has 24 heavy (non-hydrogen) atoms. The summed E-state index contributed by atoms with van der Waals surface area (Å²) in [5, 5.41) is 0. The molecule has 7 nitrogen and oxygen atoms in total. The molecule has 0 saturated heterocycles. The number of aromatic nitrogens is 1. The van der Waals surface area contributed by atoms with E-state index in [2.05, 4.69) is 10.9 Å². The number of amides is 1. The summed E-state index contributed by atoms with van der Waals surface area (Å²) in [6.45, 7) is 0.371. The van der Waals surface area contributed by atoms with E-state index < -0.39 is 11.9 Å². The first-order valence-corrected chi connectivity index (χ1v) is 7.33. The number of esters is 1. The summed E-state index contributed by atoms with van der Waals surface area (Å²) in [7, 11) is 0. The molecule has 1 aromatic carbocycles. The van der Waals surface area contributed by atoms with Crippen LogP contribution in [0.2, 0.25) is 0 Å². The van der Waals surface area contributed by atoms with E-state index in [0.29, 0.717) is 16.8 Å². The Balaban J connectivity index is 1.96. The van der Waals surface area contributed by atoms with Crippen molar-refractivity contribution in [1.82, 2.24) is 9.99 Å². The number of nitrogens with one attached hydrogen (secondary N) is 2. The van der Waals surface area contributed by atoms with Crippen LogP contribution in [-0.4, -0.2) is 23.1 Å². The molecule has 0 fully saturated rings. The molecule has 1 aromatic heterocycles. The van der Waals surface area contributed by atoms with Gasteiger partial charge in [0.2, 0.25) is 0 Å². The molecule has 2 bridgehead atoms. The van der Waals surface area contributed by atoms with E-state index >= 15 is 0 Å². The number of allylic oxidation sites excluding steroid dienone is 1. The molecule has 0 radical (unpaired) electrons. The molecule has 0 aliphatic carbocycles. The largest absolute Gasteiger partial charge is 0.458 e. The van der Waals surface area contributed by atoms with Crippen molar-refractivity contribution >= 4 is 17.6 Å². The number of para-hydroxylation sites is 1. The minimum Gasteiger partial charge on any atom is -0.458 e. The van der Waals surface area contributed by atoms with Crippen LogP contribution < -0.4 is 16.4 Å². The number of ether oxygens (including phenoxy) is 1. The SMILES string of the molecule is O=C1NNc2ccccc2C(=O)OC/C=C/Cn2cc1ccc2=O. The lowest BCUT2D eigenvalue weighted by Gasteiger charge is -2.13. The molecular formula is C17H15N3O4. The zero-order chi connectivity index (χ0) is 16.9. The first-order chi connectivity index (χ1) is 11.6. The highest BCUT2D eigenvalue weighted by Gasteiger charge is 2.14. The van der Waals surface area contributed by atoms with Gasteiger partial charge in [-0.15, -0.1) is 0 Å². The van der Waals surface area contributed by atoms with Gasteiger partial charge in [-0.2, -0.15) is 0 Å². The number of rotatable bonds is 0. The molecule has 3 rings (SSSR count). The first-order valence-electron chi connectivity index (χ1n) is 7.33. The lowest BCUT2D eigenvalue weighted by Crippen LogP contribution is -2.31. The lowest BCUT2D eigenvalue weighted by atomic mass is 10.2. The Morgan fingerprint density at radius 3 is 2.67 bits per heavy atom. The van der Waals surface area contributed by atoms with Gasteiger partial charge in [0.05, 0.1) is 16.8 Å². The maximum absolute atomic E-state index is 12.2. The van der Waals surface area contributed by atoms with Crippen molar-refractivity contribution in [2.24, 2.45) is 0 Å². The fourth-order valence-corrected chi connectivity index (χ4v) is 2.23. The summed E-state index contributed by atoms with van der Waals surface area (Å²) >= 11 is 0. The Labute approximate surface area is 137 Å². The smallest absolute Gasteiger partial charge is 0.340 e. The molecule has 1 aliphatic rings. The van der Waals surface area contributed by atoms with Crippen LogP contribution >= 0.6 is 0 Å². The zero-order valence-electron chi connectivity index (χ0n) is 12.7. The molecule has 0 saturated carbocycles. The Hall–Kier alpha value is -3.35. The third-order valence-electron chi connectivity index (χ3n) is 3.48. The van der Waals surface area contributed by atoms with Crippen LogP contribution in [-0.2, 0) is 11.3 Å². The summed E-state index contributed by atoms with van der Waals surface area (Å²) in [5.41, 5.74) is 6.06. The molecule has 2 N–H and O–H groups in total. The third-order valence-corrected chi connectivity index (χ3v) is 3.48. The van der Waals surface area contributed by atoms with Gasteiger partial charge in [-0.25, -0.2) is 4.79 Å². The maximum Gasteiger partial charge on any atom is 0.340 e. The van der Waals surface area contributed by atoms with Gasteiger partial charge in [-0.3, -0.25) is 20.4 Å². The van der Waals surface area contributed by atoms with E-state index in [1.807, 2.05) is 0 Å². The van der Waals surface area contributed by atoms with Crippen LogP contribution in [0.15, 0.2) is 59.5 Å². The molecule has 0 unspecified atom stereocenters. The number of pyridine rings is 1. The number of nitrogens with zero attached hydrogens (tertiary/aromatic N) is 1. The van der Waals surface area contributed by atoms with Crippen LogP contribution in [0, 0.1) is 0 Å². The number of fused-ring (bicyclic) bond motifs is 3. The summed E-state index contributed by atoms with van der Waals surface area (Å²) < 4.78 is 6.56. The van der Waals surface area contributed by atoms with Crippen LogP contribution in [0.1, 0.15) is 20.7 Å². The third kappa shape index (κ3) is 3.35. The Bertz CT molecular complexity index is 870. The molecule has 7 heteroatoms. The highest BCUT2D eigenvalue weighted by molar-refractivity contribution is 5.98. The van der Waals surface area contributed by atoms with Gasteiger partial charge >= 0.3 is 5.97 Å². The minimum atomic E-state index is -0.509. The molecule has 1 aliphatic heterocycles. The number of hydrogen-bond acceptors (Lipinski definition) is 5. The Morgan fingerprint density at radius 1 is 0.958 bits per heavy atom. The van der Waals surface area contributed by atoms with E-state index in [-0.39, 0.29) is 18.7 Å². The van der Waals surface area contributed by atoms with E-state index in [1.54, 1.807) is 36.4 Å². The summed E-state index contributed by atoms with van der Waals surface area (Å²) in [4.78, 5) is 36.1. The van der Waals surface area contributed by atoms with Crippen LogP contribution in [0.25, 0.3) is 0 Å². The van der Waals surface area contributed by atoms with E-state index in [4.69, 9.17) is 4.74 Å². The van der Waals surface area contributed by atoms with Crippen molar-refractivity contribution in [2.75, 3.05) is 12.0 Å². The van der Waals surface area contributed by atoms with Crippen molar-refractivity contribution in [3.63, 3.8) is 0 Å². The van der Waals surface area contributed by atoms with Gasteiger partial charge < -0.3 is 9.30 Å². The van der Waals surface area contributed by atoms with Crippen molar-refractivity contribution < 1.29 is 14.3 Å². The number of benzene rings is 1. The number of carbonyl (C=O) groups is 2. The van der Waals surface area contributed by atoms with Crippen molar-refractivity contribution in [3.05, 3.63) is 76.2 Å². The standard InChI is InChI=1S/C17H15N3O4/c21-15-8-7-12-11-20(15)9-3-4-10-24-17(23)13-5-1-2-6-14(13)18-19-16(12)22/h1-8,11,18H,9-10H2,(H,19,22)/b4-3+. The van der Waals surface area contributed by atoms with Crippen molar-refractivity contribution in [2.45, 2.75) is 6.54 Å². The van der Waals surface area contributed by atoms with Crippen molar-refractivity contribution in [1.29, 1.82) is 0 Å². The summed E-state index contributed by atoms with van der Waals surface area (Å²) in [5.74, 6) is -0.933. The van der Waals surface area contributed by atoms with E-state index in [9.17, 15) is 14.4 Å². The summed E-state index contributed by atoms with van der Waals surface area (Å²) in [6, 6.07) is 9.48. The first kappa shape index (κ1) is 15.5. The average Bonchev–Trinajstić information content (AvgIpc) is 2.60. The average molecular weight is 325 g/mol. The quantitative estimate of drug-likeness (QED) is 0.563. The van der Waals surface area contributed by atoms with E-state index in [0.717, 1.165) is 0 Å². The predicted molar refractivity (Wildman–Crippen MR) is 87.7 cm³/mol. The second-order valence-electron chi connectivity index (χ2n) is 5.10. The normalized spacial score (nSPS) is 16.0. The van der Waals surface area contributed by atoms with Gasteiger partial charge in [0.25, 0.3) is 11.5 Å². The second-order valence-corrected chi connectivity index (χ2v) is 5.10. The van der Waals surface area contributed by atoms with Gasteiger partial charge in [-0.05, 0) is 24.3 Å². The van der Waals surface area contributed by atoms with E-state index in [1.165, 1.54) is 22.9 Å². The number of cyclic esters (lactones) is 1. The number of hydrazine groups is 1. The van der Waals surface area contributed by atoms with Crippen LogP contribution in [0.4, 0.5) is 5.69 Å².